The fourth-order valence-corrected chi connectivity index (χ4v) is 3.33. The van der Waals surface area contributed by atoms with Gasteiger partial charge in [-0.25, -0.2) is 0 Å². The zero-order chi connectivity index (χ0) is 12.4. The summed E-state index contributed by atoms with van der Waals surface area (Å²) in [7, 11) is 0. The molecule has 17 heavy (non-hydrogen) atoms. The van der Waals surface area contributed by atoms with Crippen LogP contribution in [-0.2, 0) is 4.79 Å². The van der Waals surface area contributed by atoms with Gasteiger partial charge in [-0.3, -0.25) is 14.5 Å². The molecule has 1 aliphatic rings. The Hall–Kier alpha value is -1.07. The maximum atomic E-state index is 11.9. The average molecular weight is 267 g/mol. The molecule has 0 saturated carbocycles. The quantitative estimate of drug-likeness (QED) is 0.787. The topological polar surface area (TPSA) is 37.4 Å². The van der Waals surface area contributed by atoms with Crippen molar-refractivity contribution in [2.45, 2.75) is 20.3 Å². The predicted molar refractivity (Wildman–Crippen MR) is 72.0 cm³/mol. The third-order valence-electron chi connectivity index (χ3n) is 2.36. The molecule has 0 aromatic carbocycles. The molecule has 5 heteroatoms. The van der Waals surface area contributed by atoms with E-state index in [2.05, 4.69) is 0 Å². The van der Waals surface area contributed by atoms with Crippen LogP contribution in [0.2, 0.25) is 0 Å². The van der Waals surface area contributed by atoms with Crippen LogP contribution in [0.25, 0.3) is 6.08 Å². The Morgan fingerprint density at radius 1 is 1.35 bits per heavy atom. The summed E-state index contributed by atoms with van der Waals surface area (Å²) < 4.78 is 0. The average Bonchev–Trinajstić information content (AvgIpc) is 2.79. The molecule has 1 aliphatic heterocycles. The Bertz CT molecular complexity index is 490. The maximum Gasteiger partial charge on any atom is 0.293 e. The second kappa shape index (κ2) is 5.06. The van der Waals surface area contributed by atoms with Crippen LogP contribution in [0.1, 0.15) is 23.1 Å². The molecule has 2 heterocycles. The van der Waals surface area contributed by atoms with Gasteiger partial charge in [-0.1, -0.05) is 6.92 Å². The molecule has 0 atom stereocenters. The third-order valence-corrected chi connectivity index (χ3v) is 4.21. The largest absolute Gasteiger partial charge is 0.293 e. The normalized spacial score (nSPS) is 18.5. The molecule has 0 N–H and O–H groups in total. The van der Waals surface area contributed by atoms with Crippen molar-refractivity contribution in [3.63, 3.8) is 0 Å². The third kappa shape index (κ3) is 2.61. The van der Waals surface area contributed by atoms with Crippen molar-refractivity contribution in [1.82, 2.24) is 4.90 Å². The van der Waals surface area contributed by atoms with Crippen LogP contribution in [0.5, 0.6) is 0 Å². The smallest absolute Gasteiger partial charge is 0.268 e. The molecule has 1 saturated heterocycles. The van der Waals surface area contributed by atoms with Crippen LogP contribution in [0.15, 0.2) is 17.0 Å². The first-order valence-corrected chi connectivity index (χ1v) is 7.07. The maximum absolute atomic E-state index is 11.9. The van der Waals surface area contributed by atoms with Crippen molar-refractivity contribution in [2.24, 2.45) is 0 Å². The highest BCUT2D eigenvalue weighted by atomic mass is 32.2. The fraction of sp³-hybridized carbons (Fsp3) is 0.333. The molecule has 1 fully saturated rings. The molecule has 3 nitrogen and oxygen atoms in total. The number of rotatable bonds is 3. The van der Waals surface area contributed by atoms with E-state index in [1.165, 1.54) is 9.78 Å². The number of hydrogen-bond acceptors (Lipinski definition) is 4. The van der Waals surface area contributed by atoms with Crippen molar-refractivity contribution in [2.75, 3.05) is 6.54 Å². The van der Waals surface area contributed by atoms with Gasteiger partial charge in [0.05, 0.1) is 4.91 Å². The first kappa shape index (κ1) is 12.4. The summed E-state index contributed by atoms with van der Waals surface area (Å²) in [4.78, 5) is 27.6. The highest BCUT2D eigenvalue weighted by Crippen LogP contribution is 2.33. The summed E-state index contributed by atoms with van der Waals surface area (Å²) in [6.45, 7) is 4.48. The minimum Gasteiger partial charge on any atom is -0.268 e. The molecule has 1 aromatic rings. The monoisotopic (exact) mass is 267 g/mol. The lowest BCUT2D eigenvalue weighted by atomic mass is 10.3. The molecular weight excluding hydrogens is 254 g/mol. The molecule has 0 aliphatic carbocycles. The van der Waals surface area contributed by atoms with Gasteiger partial charge in [-0.2, -0.15) is 0 Å². The van der Waals surface area contributed by atoms with Crippen LogP contribution in [0.3, 0.4) is 0 Å². The summed E-state index contributed by atoms with van der Waals surface area (Å²) in [6.07, 6.45) is 2.60. The molecule has 0 bridgehead atoms. The molecule has 2 amide bonds. The summed E-state index contributed by atoms with van der Waals surface area (Å²) >= 11 is 2.65. The molecular formula is C12H13NO2S2. The van der Waals surface area contributed by atoms with Gasteiger partial charge in [0.1, 0.15) is 0 Å². The number of hydrogen-bond donors (Lipinski definition) is 0. The number of nitrogens with zero attached hydrogens (tertiary/aromatic N) is 1. The highest BCUT2D eigenvalue weighted by Gasteiger charge is 2.34. The van der Waals surface area contributed by atoms with Gasteiger partial charge in [0, 0.05) is 16.3 Å². The van der Waals surface area contributed by atoms with Crippen LogP contribution < -0.4 is 0 Å². The zero-order valence-electron chi connectivity index (χ0n) is 9.73. The SMILES string of the molecule is CCCN1C(=O)S/C(=C/c2ccc(C)s2)C1=O. The number of carbonyl (C=O) groups is 2. The lowest BCUT2D eigenvalue weighted by molar-refractivity contribution is -0.122. The lowest BCUT2D eigenvalue weighted by Gasteiger charge is -2.09. The Morgan fingerprint density at radius 2 is 2.12 bits per heavy atom. The van der Waals surface area contributed by atoms with Crippen molar-refractivity contribution < 1.29 is 9.59 Å². The van der Waals surface area contributed by atoms with E-state index < -0.39 is 0 Å². The fourth-order valence-electron chi connectivity index (χ4n) is 1.58. The van der Waals surface area contributed by atoms with Gasteiger partial charge in [0.25, 0.3) is 11.1 Å². The van der Waals surface area contributed by atoms with E-state index in [0.29, 0.717) is 11.4 Å². The second-order valence-electron chi connectivity index (χ2n) is 3.78. The Kier molecular flexibility index (Phi) is 3.69. The lowest BCUT2D eigenvalue weighted by Crippen LogP contribution is -2.28. The van der Waals surface area contributed by atoms with Gasteiger partial charge in [-0.05, 0) is 43.3 Å². The number of aryl methyl sites for hydroxylation is 1. The highest BCUT2D eigenvalue weighted by molar-refractivity contribution is 8.18. The number of thiophene rings is 1. The Morgan fingerprint density at radius 3 is 2.71 bits per heavy atom. The standard InChI is InChI=1S/C12H13NO2S2/c1-3-6-13-11(14)10(17-12(13)15)7-9-5-4-8(2)16-9/h4-5,7H,3,6H2,1-2H3/b10-7+. The minimum atomic E-state index is -0.159. The van der Waals surface area contributed by atoms with Gasteiger partial charge in [0.2, 0.25) is 0 Å². The Labute approximate surface area is 109 Å². The van der Waals surface area contributed by atoms with E-state index in [0.717, 1.165) is 23.1 Å². The number of thioether (sulfide) groups is 1. The summed E-state index contributed by atoms with van der Waals surface area (Å²) in [5.74, 6) is -0.159. The van der Waals surface area contributed by atoms with Crippen molar-refractivity contribution in [1.29, 1.82) is 0 Å². The molecule has 0 radical (unpaired) electrons. The van der Waals surface area contributed by atoms with E-state index in [1.807, 2.05) is 26.0 Å². The zero-order valence-corrected chi connectivity index (χ0v) is 11.4. The number of imide groups is 1. The van der Waals surface area contributed by atoms with Crippen LogP contribution >= 0.6 is 23.1 Å². The first-order valence-electron chi connectivity index (χ1n) is 5.43. The van der Waals surface area contributed by atoms with E-state index in [1.54, 1.807) is 17.4 Å². The predicted octanol–water partition coefficient (Wildman–Crippen LogP) is 3.50. The van der Waals surface area contributed by atoms with Gasteiger partial charge >= 0.3 is 0 Å². The van der Waals surface area contributed by atoms with Crippen molar-refractivity contribution in [3.05, 3.63) is 26.8 Å². The van der Waals surface area contributed by atoms with Crippen molar-refractivity contribution >= 4 is 40.3 Å². The van der Waals surface area contributed by atoms with Gasteiger partial charge in [-0.15, -0.1) is 11.3 Å². The minimum absolute atomic E-state index is 0.156. The first-order chi connectivity index (χ1) is 8.11. The molecule has 0 unspecified atom stereocenters. The molecule has 90 valence electrons. The Balaban J connectivity index is 2.21. The van der Waals surface area contributed by atoms with Crippen LogP contribution in [0, 0.1) is 6.92 Å². The second-order valence-corrected chi connectivity index (χ2v) is 6.09. The van der Waals surface area contributed by atoms with E-state index in [9.17, 15) is 9.59 Å². The van der Waals surface area contributed by atoms with Gasteiger partial charge in [0.15, 0.2) is 0 Å². The van der Waals surface area contributed by atoms with E-state index in [4.69, 9.17) is 0 Å². The molecule has 1 aromatic heterocycles. The van der Waals surface area contributed by atoms with Crippen molar-refractivity contribution in [3.8, 4) is 0 Å². The number of carbonyl (C=O) groups excluding carboxylic acids is 2. The number of amides is 2. The molecule has 0 spiro atoms. The summed E-state index contributed by atoms with van der Waals surface area (Å²) in [5, 5.41) is -0.156. The van der Waals surface area contributed by atoms with Gasteiger partial charge < -0.3 is 0 Å². The van der Waals surface area contributed by atoms with Crippen LogP contribution in [-0.4, -0.2) is 22.6 Å². The van der Waals surface area contributed by atoms with Crippen LogP contribution in [0.4, 0.5) is 4.79 Å². The molecule has 2 rings (SSSR count). The van der Waals surface area contributed by atoms with E-state index >= 15 is 0 Å². The van der Waals surface area contributed by atoms with E-state index in [-0.39, 0.29) is 11.1 Å². The summed E-state index contributed by atoms with van der Waals surface area (Å²) in [6, 6.07) is 3.97. The summed E-state index contributed by atoms with van der Waals surface area (Å²) in [5.41, 5.74) is 0.